The highest BCUT2D eigenvalue weighted by atomic mass is 15.3. The van der Waals surface area contributed by atoms with E-state index in [0.717, 1.165) is 13.0 Å². The third-order valence-corrected chi connectivity index (χ3v) is 3.77. The molecular formula is C17H25N3. The number of nitrogens with zero attached hydrogens (tertiary/aromatic N) is 2. The summed E-state index contributed by atoms with van der Waals surface area (Å²) in [5.74, 6) is 0. The van der Waals surface area contributed by atoms with Gasteiger partial charge < -0.3 is 5.32 Å². The van der Waals surface area contributed by atoms with Gasteiger partial charge in [-0.25, -0.2) is 0 Å². The fourth-order valence-corrected chi connectivity index (χ4v) is 2.44. The molecule has 2 aromatic rings. The van der Waals surface area contributed by atoms with Crippen LogP contribution in [0.5, 0.6) is 0 Å². The molecule has 2 rings (SSSR count). The second-order valence-corrected chi connectivity index (χ2v) is 5.36. The predicted molar refractivity (Wildman–Crippen MR) is 83.8 cm³/mol. The summed E-state index contributed by atoms with van der Waals surface area (Å²) in [5.41, 5.74) is 4.05. The van der Waals surface area contributed by atoms with Crippen molar-refractivity contribution in [1.29, 1.82) is 0 Å². The van der Waals surface area contributed by atoms with E-state index in [1.807, 2.05) is 17.9 Å². The van der Waals surface area contributed by atoms with Crippen LogP contribution in [0.25, 0.3) is 0 Å². The Morgan fingerprint density at radius 1 is 1.15 bits per heavy atom. The van der Waals surface area contributed by atoms with E-state index in [1.54, 1.807) is 0 Å². The van der Waals surface area contributed by atoms with Gasteiger partial charge in [0.25, 0.3) is 0 Å². The molecule has 1 unspecified atom stereocenters. The zero-order chi connectivity index (χ0) is 14.4. The summed E-state index contributed by atoms with van der Waals surface area (Å²) in [6.45, 7) is 5.41. The van der Waals surface area contributed by atoms with E-state index < -0.39 is 0 Å². The lowest BCUT2D eigenvalue weighted by Gasteiger charge is -2.15. The second kappa shape index (κ2) is 7.25. The van der Waals surface area contributed by atoms with Crippen molar-refractivity contribution in [3.8, 4) is 0 Å². The van der Waals surface area contributed by atoms with Gasteiger partial charge in [0.05, 0.1) is 0 Å². The lowest BCUT2D eigenvalue weighted by molar-refractivity contribution is 0.564. The lowest BCUT2D eigenvalue weighted by Crippen LogP contribution is -2.22. The quantitative estimate of drug-likeness (QED) is 0.837. The second-order valence-electron chi connectivity index (χ2n) is 5.36. The maximum atomic E-state index is 4.19. The summed E-state index contributed by atoms with van der Waals surface area (Å²) in [7, 11) is 1.99. The molecule has 1 atom stereocenters. The Morgan fingerprint density at radius 3 is 2.50 bits per heavy atom. The normalized spacial score (nSPS) is 12.6. The lowest BCUT2D eigenvalue weighted by atomic mass is 10.0. The molecule has 0 saturated carbocycles. The molecule has 1 aromatic heterocycles. The summed E-state index contributed by atoms with van der Waals surface area (Å²) in [6.07, 6.45) is 5.24. The standard InChI is InChI=1S/C17H25N3/c1-4-5-15-6-8-16(9-7-15)14(2)18-12-10-17-11-13-19-20(17)3/h6-9,11,13-14,18H,4-5,10,12H2,1-3H3. The molecule has 3 nitrogen and oxygen atoms in total. The molecule has 0 amide bonds. The first-order chi connectivity index (χ1) is 9.70. The Labute approximate surface area is 122 Å². The summed E-state index contributed by atoms with van der Waals surface area (Å²) in [5, 5.41) is 7.76. The topological polar surface area (TPSA) is 29.9 Å². The maximum absolute atomic E-state index is 4.19. The van der Waals surface area contributed by atoms with Gasteiger partial charge in [0.15, 0.2) is 0 Å². The van der Waals surface area contributed by atoms with Gasteiger partial charge in [0.1, 0.15) is 0 Å². The molecule has 1 N–H and O–H groups in total. The van der Waals surface area contributed by atoms with Crippen molar-refractivity contribution in [2.24, 2.45) is 7.05 Å². The van der Waals surface area contributed by atoms with E-state index >= 15 is 0 Å². The third-order valence-electron chi connectivity index (χ3n) is 3.77. The Morgan fingerprint density at radius 2 is 1.90 bits per heavy atom. The molecule has 0 saturated heterocycles. The Balaban J connectivity index is 1.82. The van der Waals surface area contributed by atoms with Gasteiger partial charge >= 0.3 is 0 Å². The van der Waals surface area contributed by atoms with E-state index in [0.29, 0.717) is 6.04 Å². The zero-order valence-corrected chi connectivity index (χ0v) is 12.8. The maximum Gasteiger partial charge on any atom is 0.0492 e. The molecular weight excluding hydrogens is 246 g/mol. The van der Waals surface area contributed by atoms with Gasteiger partial charge in [-0.05, 0) is 30.5 Å². The van der Waals surface area contributed by atoms with Crippen LogP contribution in [0.2, 0.25) is 0 Å². The van der Waals surface area contributed by atoms with Gasteiger partial charge in [0, 0.05) is 37.9 Å². The molecule has 0 spiro atoms. The van der Waals surface area contributed by atoms with Crippen LogP contribution in [0.15, 0.2) is 36.5 Å². The molecule has 108 valence electrons. The molecule has 1 heterocycles. The van der Waals surface area contributed by atoms with Crippen LogP contribution in [0.3, 0.4) is 0 Å². The van der Waals surface area contributed by atoms with E-state index in [1.165, 1.54) is 29.7 Å². The van der Waals surface area contributed by atoms with Crippen LogP contribution in [-0.4, -0.2) is 16.3 Å². The first kappa shape index (κ1) is 14.8. The number of rotatable bonds is 7. The number of nitrogens with one attached hydrogen (secondary N) is 1. The van der Waals surface area contributed by atoms with Gasteiger partial charge in [-0.3, -0.25) is 4.68 Å². The van der Waals surface area contributed by atoms with Crippen molar-refractivity contribution in [3.63, 3.8) is 0 Å². The SMILES string of the molecule is CCCc1ccc(C(C)NCCc2ccnn2C)cc1. The number of benzene rings is 1. The monoisotopic (exact) mass is 271 g/mol. The Kier molecular flexibility index (Phi) is 5.36. The van der Waals surface area contributed by atoms with Crippen molar-refractivity contribution in [2.45, 2.75) is 39.2 Å². The van der Waals surface area contributed by atoms with Crippen molar-refractivity contribution in [3.05, 3.63) is 53.3 Å². The minimum absolute atomic E-state index is 0.388. The number of hydrogen-bond acceptors (Lipinski definition) is 2. The average Bonchev–Trinajstić information content (AvgIpc) is 2.85. The van der Waals surface area contributed by atoms with Crippen molar-refractivity contribution < 1.29 is 0 Å². The fraction of sp³-hybridized carbons (Fsp3) is 0.471. The number of aryl methyl sites for hydroxylation is 2. The van der Waals surface area contributed by atoms with Gasteiger partial charge in [0.2, 0.25) is 0 Å². The highest BCUT2D eigenvalue weighted by Gasteiger charge is 2.05. The zero-order valence-electron chi connectivity index (χ0n) is 12.8. The van der Waals surface area contributed by atoms with Gasteiger partial charge in [-0.1, -0.05) is 37.6 Å². The molecule has 0 fully saturated rings. The summed E-state index contributed by atoms with van der Waals surface area (Å²) >= 11 is 0. The van der Waals surface area contributed by atoms with Crippen LogP contribution >= 0.6 is 0 Å². The molecule has 20 heavy (non-hydrogen) atoms. The first-order valence-corrected chi connectivity index (χ1v) is 7.49. The van der Waals surface area contributed by atoms with Crippen LogP contribution in [0.1, 0.15) is 43.1 Å². The average molecular weight is 271 g/mol. The van der Waals surface area contributed by atoms with Crippen LogP contribution in [-0.2, 0) is 19.9 Å². The van der Waals surface area contributed by atoms with Crippen LogP contribution in [0, 0.1) is 0 Å². The third kappa shape index (κ3) is 3.94. The minimum Gasteiger partial charge on any atom is -0.310 e. The molecule has 0 aliphatic rings. The molecule has 0 radical (unpaired) electrons. The highest BCUT2D eigenvalue weighted by molar-refractivity contribution is 5.24. The number of aromatic nitrogens is 2. The van der Waals surface area contributed by atoms with E-state index in [4.69, 9.17) is 0 Å². The number of hydrogen-bond donors (Lipinski definition) is 1. The Bertz CT molecular complexity index is 513. The van der Waals surface area contributed by atoms with E-state index in [9.17, 15) is 0 Å². The first-order valence-electron chi connectivity index (χ1n) is 7.49. The van der Waals surface area contributed by atoms with Crippen molar-refractivity contribution in [1.82, 2.24) is 15.1 Å². The van der Waals surface area contributed by atoms with Crippen LogP contribution < -0.4 is 5.32 Å². The molecule has 0 aliphatic heterocycles. The molecule has 3 heteroatoms. The Hall–Kier alpha value is -1.61. The smallest absolute Gasteiger partial charge is 0.0492 e. The predicted octanol–water partition coefficient (Wildman–Crippen LogP) is 3.27. The van der Waals surface area contributed by atoms with E-state index in [2.05, 4.69) is 54.6 Å². The molecule has 1 aromatic carbocycles. The highest BCUT2D eigenvalue weighted by Crippen LogP contribution is 2.14. The van der Waals surface area contributed by atoms with Gasteiger partial charge in [-0.2, -0.15) is 5.10 Å². The summed E-state index contributed by atoms with van der Waals surface area (Å²) in [6, 6.07) is 11.4. The summed E-state index contributed by atoms with van der Waals surface area (Å²) < 4.78 is 1.94. The summed E-state index contributed by atoms with van der Waals surface area (Å²) in [4.78, 5) is 0. The van der Waals surface area contributed by atoms with Crippen LogP contribution in [0.4, 0.5) is 0 Å². The van der Waals surface area contributed by atoms with Crippen molar-refractivity contribution in [2.75, 3.05) is 6.54 Å². The molecule has 0 bridgehead atoms. The fourth-order valence-electron chi connectivity index (χ4n) is 2.44. The minimum atomic E-state index is 0.388. The largest absolute Gasteiger partial charge is 0.310 e. The molecule has 0 aliphatic carbocycles. The van der Waals surface area contributed by atoms with Crippen molar-refractivity contribution >= 4 is 0 Å². The van der Waals surface area contributed by atoms with Gasteiger partial charge in [-0.15, -0.1) is 0 Å². The van der Waals surface area contributed by atoms with E-state index in [-0.39, 0.29) is 0 Å².